The number of hydrogen-bond acceptors (Lipinski definition) is 7. The van der Waals surface area contributed by atoms with Gasteiger partial charge in [-0.3, -0.25) is 4.79 Å². The quantitative estimate of drug-likeness (QED) is 0.837. The van der Waals surface area contributed by atoms with Crippen LogP contribution in [0.3, 0.4) is 0 Å². The van der Waals surface area contributed by atoms with Crippen molar-refractivity contribution in [2.24, 2.45) is 0 Å². The number of rotatable bonds is 3. The molecule has 0 radical (unpaired) electrons. The van der Waals surface area contributed by atoms with Gasteiger partial charge in [0.2, 0.25) is 0 Å². The third kappa shape index (κ3) is 3.89. The molecule has 1 aromatic heterocycles. The summed E-state index contributed by atoms with van der Waals surface area (Å²) in [4.78, 5) is 22.0. The minimum atomic E-state index is -0.721. The van der Waals surface area contributed by atoms with Crippen LogP contribution in [0.2, 0.25) is 0 Å². The van der Waals surface area contributed by atoms with Crippen LogP contribution in [0.25, 0.3) is 11.3 Å². The van der Waals surface area contributed by atoms with E-state index in [0.29, 0.717) is 30.2 Å². The number of hydrogen-bond donors (Lipinski definition) is 1. The summed E-state index contributed by atoms with van der Waals surface area (Å²) >= 11 is 0. The topological polar surface area (TPSA) is 115 Å². The van der Waals surface area contributed by atoms with Crippen LogP contribution in [0, 0.1) is 22.8 Å². The number of ether oxygens (including phenoxy) is 1. The molecule has 1 aliphatic heterocycles. The maximum atomic E-state index is 12.3. The Morgan fingerprint density at radius 2 is 2.08 bits per heavy atom. The van der Waals surface area contributed by atoms with Crippen LogP contribution in [-0.4, -0.2) is 46.6 Å². The van der Waals surface area contributed by atoms with E-state index in [2.05, 4.69) is 21.4 Å². The smallest absolute Gasteiger partial charge is 0.256 e. The van der Waals surface area contributed by atoms with Crippen LogP contribution >= 0.6 is 0 Å². The van der Waals surface area contributed by atoms with Crippen LogP contribution in [0.5, 0.6) is 0 Å². The first kappa shape index (κ1) is 16.4. The molecule has 1 aliphatic rings. The molecule has 2 aromatic rings. The van der Waals surface area contributed by atoms with Crippen molar-refractivity contribution in [3.05, 3.63) is 42.2 Å². The van der Waals surface area contributed by atoms with Gasteiger partial charge in [-0.2, -0.15) is 10.5 Å². The highest BCUT2D eigenvalue weighted by Crippen LogP contribution is 2.19. The van der Waals surface area contributed by atoms with Crippen LogP contribution in [0.4, 0.5) is 5.82 Å². The molecule has 0 aliphatic carbocycles. The number of anilines is 1. The molecule has 8 heteroatoms. The van der Waals surface area contributed by atoms with E-state index in [1.807, 2.05) is 6.19 Å². The van der Waals surface area contributed by atoms with Gasteiger partial charge in [0.15, 0.2) is 12.3 Å². The monoisotopic (exact) mass is 334 g/mol. The molecule has 1 fully saturated rings. The van der Waals surface area contributed by atoms with Crippen molar-refractivity contribution in [1.82, 2.24) is 14.9 Å². The fourth-order valence-corrected chi connectivity index (χ4v) is 2.40. The van der Waals surface area contributed by atoms with E-state index < -0.39 is 6.10 Å². The fraction of sp³-hybridized carbons (Fsp3) is 0.235. The van der Waals surface area contributed by atoms with E-state index in [4.69, 9.17) is 15.3 Å². The van der Waals surface area contributed by atoms with Crippen LogP contribution < -0.4 is 5.32 Å². The average molecular weight is 334 g/mol. The molecule has 3 rings (SSSR count). The van der Waals surface area contributed by atoms with Crippen molar-refractivity contribution in [3.8, 4) is 23.5 Å². The molecular formula is C17H14N6O2. The van der Waals surface area contributed by atoms with Crippen LogP contribution in [-0.2, 0) is 9.53 Å². The predicted octanol–water partition coefficient (Wildman–Crippen LogP) is 1.14. The van der Waals surface area contributed by atoms with Gasteiger partial charge in [0.1, 0.15) is 12.1 Å². The zero-order valence-corrected chi connectivity index (χ0v) is 13.2. The molecule has 1 amide bonds. The second-order valence-electron chi connectivity index (χ2n) is 5.37. The fourth-order valence-electron chi connectivity index (χ4n) is 2.40. The first-order chi connectivity index (χ1) is 12.2. The Bertz CT molecular complexity index is 853. The van der Waals surface area contributed by atoms with Crippen LogP contribution in [0.15, 0.2) is 36.7 Å². The number of carbonyl (C=O) groups is 1. The summed E-state index contributed by atoms with van der Waals surface area (Å²) in [6.07, 6.45) is 2.65. The number of nitriles is 2. The summed E-state index contributed by atoms with van der Waals surface area (Å²) in [5.74, 6) is -0.0125. The van der Waals surface area contributed by atoms with Gasteiger partial charge in [-0.1, -0.05) is 12.1 Å². The van der Waals surface area contributed by atoms with E-state index in [9.17, 15) is 4.79 Å². The summed E-state index contributed by atoms with van der Waals surface area (Å²) in [5.41, 5.74) is 1.99. The second kappa shape index (κ2) is 7.39. The van der Waals surface area contributed by atoms with Crippen molar-refractivity contribution in [2.45, 2.75) is 6.10 Å². The van der Waals surface area contributed by atoms with Crippen LogP contribution in [0.1, 0.15) is 5.56 Å². The van der Waals surface area contributed by atoms with Gasteiger partial charge < -0.3 is 15.0 Å². The molecule has 0 saturated carbocycles. The van der Waals surface area contributed by atoms with Crippen molar-refractivity contribution in [2.75, 3.05) is 25.0 Å². The molecule has 1 N–H and O–H groups in total. The molecule has 1 aromatic carbocycles. The first-order valence-electron chi connectivity index (χ1n) is 7.59. The Morgan fingerprint density at radius 3 is 2.80 bits per heavy atom. The molecule has 1 atom stereocenters. The summed E-state index contributed by atoms with van der Waals surface area (Å²) in [5, 5.41) is 20.5. The third-order valence-electron chi connectivity index (χ3n) is 3.73. The highest BCUT2D eigenvalue weighted by atomic mass is 16.5. The van der Waals surface area contributed by atoms with Gasteiger partial charge in [-0.25, -0.2) is 9.97 Å². The number of benzene rings is 1. The van der Waals surface area contributed by atoms with Gasteiger partial charge in [-0.15, -0.1) is 0 Å². The van der Waals surface area contributed by atoms with Gasteiger partial charge in [0.05, 0.1) is 37.0 Å². The van der Waals surface area contributed by atoms with Gasteiger partial charge in [-0.05, 0) is 12.1 Å². The van der Waals surface area contributed by atoms with Gasteiger partial charge >= 0.3 is 0 Å². The molecule has 0 spiro atoms. The molecule has 8 nitrogen and oxygen atoms in total. The third-order valence-corrected chi connectivity index (χ3v) is 3.73. The number of carbonyl (C=O) groups excluding carboxylic acids is 1. The molecule has 25 heavy (non-hydrogen) atoms. The van der Waals surface area contributed by atoms with E-state index in [-0.39, 0.29) is 12.5 Å². The number of amides is 1. The summed E-state index contributed by atoms with van der Waals surface area (Å²) < 4.78 is 5.41. The lowest BCUT2D eigenvalue weighted by atomic mass is 10.1. The molecule has 2 heterocycles. The second-order valence-corrected chi connectivity index (χ2v) is 5.37. The van der Waals surface area contributed by atoms with Gasteiger partial charge in [0, 0.05) is 11.6 Å². The van der Waals surface area contributed by atoms with Crippen molar-refractivity contribution in [1.29, 1.82) is 10.5 Å². The standard InChI is InChI=1S/C17H14N6O2/c18-8-12-1-3-13(4-2-12)14-7-16(21-11-20-14)22-17(24)15-9-23(10-19)5-6-25-15/h1-4,7,11,15H,5-6,9H2,(H,20,21,22,24)/t15-/m1/s1. The molecular weight excluding hydrogens is 320 g/mol. The summed E-state index contributed by atoms with van der Waals surface area (Å²) in [6, 6.07) is 10.7. The zero-order valence-electron chi connectivity index (χ0n) is 13.2. The lowest BCUT2D eigenvalue weighted by Gasteiger charge is -2.28. The highest BCUT2D eigenvalue weighted by molar-refractivity contribution is 5.94. The molecule has 1 saturated heterocycles. The Balaban J connectivity index is 1.72. The Hall–Kier alpha value is -3.49. The number of nitrogens with zero attached hydrogens (tertiary/aromatic N) is 5. The van der Waals surface area contributed by atoms with Crippen molar-refractivity contribution in [3.63, 3.8) is 0 Å². The van der Waals surface area contributed by atoms with E-state index in [1.54, 1.807) is 30.3 Å². The zero-order chi connectivity index (χ0) is 17.6. The largest absolute Gasteiger partial charge is 0.365 e. The average Bonchev–Trinajstić information content (AvgIpc) is 2.68. The maximum Gasteiger partial charge on any atom is 0.256 e. The summed E-state index contributed by atoms with van der Waals surface area (Å²) in [6.45, 7) is 1.03. The number of aromatic nitrogens is 2. The minimum absolute atomic E-state index is 0.218. The van der Waals surface area contributed by atoms with E-state index in [1.165, 1.54) is 11.2 Å². The molecule has 0 unspecified atom stereocenters. The first-order valence-corrected chi connectivity index (χ1v) is 7.59. The highest BCUT2D eigenvalue weighted by Gasteiger charge is 2.26. The Labute approximate surface area is 144 Å². The molecule has 0 bridgehead atoms. The Kier molecular flexibility index (Phi) is 4.84. The number of morpholine rings is 1. The predicted molar refractivity (Wildman–Crippen MR) is 87.7 cm³/mol. The molecule has 124 valence electrons. The van der Waals surface area contributed by atoms with E-state index in [0.717, 1.165) is 5.56 Å². The van der Waals surface area contributed by atoms with Gasteiger partial charge in [0.25, 0.3) is 5.91 Å². The lowest BCUT2D eigenvalue weighted by Crippen LogP contribution is -2.46. The number of nitrogens with one attached hydrogen (secondary N) is 1. The van der Waals surface area contributed by atoms with Crippen molar-refractivity contribution >= 4 is 11.7 Å². The minimum Gasteiger partial charge on any atom is -0.365 e. The lowest BCUT2D eigenvalue weighted by molar-refractivity contribution is -0.131. The Morgan fingerprint density at radius 1 is 1.28 bits per heavy atom. The van der Waals surface area contributed by atoms with E-state index >= 15 is 0 Å². The SMILES string of the molecule is N#Cc1ccc(-c2cc(NC(=O)[C@H]3CN(C#N)CCO3)ncn2)cc1. The summed E-state index contributed by atoms with van der Waals surface area (Å²) in [7, 11) is 0. The normalized spacial score (nSPS) is 16.6. The maximum absolute atomic E-state index is 12.3. The van der Waals surface area contributed by atoms with Crippen molar-refractivity contribution < 1.29 is 9.53 Å².